The van der Waals surface area contributed by atoms with Gasteiger partial charge in [-0.25, -0.2) is 4.99 Å². The molecule has 2 atom stereocenters. The fourth-order valence-electron chi connectivity index (χ4n) is 7.15. The lowest BCUT2D eigenvalue weighted by Gasteiger charge is -2.32. The minimum Gasteiger partial charge on any atom is -0.350 e. The zero-order valence-electron chi connectivity index (χ0n) is 26.3. The molecule has 2 N–H and O–H groups in total. The first-order valence-electron chi connectivity index (χ1n) is 16.5. The largest absolute Gasteiger partial charge is 0.350 e. The summed E-state index contributed by atoms with van der Waals surface area (Å²) in [4.78, 5) is 5.36. The monoisotopic (exact) mass is 615 g/mol. The molecule has 228 valence electrons. The minimum atomic E-state index is -0.251. The van der Waals surface area contributed by atoms with Gasteiger partial charge in [0.25, 0.3) is 0 Å². The molecule has 48 heavy (non-hydrogen) atoms. The van der Waals surface area contributed by atoms with Crippen LogP contribution in [0.4, 0.5) is 0 Å². The first-order chi connectivity index (χ1) is 23.8. The van der Waals surface area contributed by atoms with E-state index >= 15 is 0 Å². The molecule has 0 spiro atoms. The summed E-state index contributed by atoms with van der Waals surface area (Å²) in [5.41, 5.74) is 8.10. The van der Waals surface area contributed by atoms with Gasteiger partial charge in [0, 0.05) is 5.56 Å². The van der Waals surface area contributed by atoms with Crippen LogP contribution in [0.25, 0.3) is 54.6 Å². The number of hydrogen-bond donors (Lipinski definition) is 2. The molecular formula is C45H33N3. The van der Waals surface area contributed by atoms with Crippen LogP contribution in [0.15, 0.2) is 181 Å². The summed E-state index contributed by atoms with van der Waals surface area (Å²) in [7, 11) is 0. The summed E-state index contributed by atoms with van der Waals surface area (Å²) in [6.07, 6.45) is -0.407. The number of amidine groups is 1. The third-order valence-electron chi connectivity index (χ3n) is 9.52. The maximum absolute atomic E-state index is 5.36. The van der Waals surface area contributed by atoms with Crippen molar-refractivity contribution in [2.45, 2.75) is 12.3 Å². The van der Waals surface area contributed by atoms with Crippen molar-refractivity contribution < 1.29 is 0 Å². The Kier molecular flexibility index (Phi) is 7.03. The third-order valence-corrected chi connectivity index (χ3v) is 9.52. The average Bonchev–Trinajstić information content (AvgIpc) is 3.18. The van der Waals surface area contributed by atoms with E-state index in [2.05, 4.69) is 187 Å². The van der Waals surface area contributed by atoms with E-state index < -0.39 is 0 Å². The molecule has 8 aromatic carbocycles. The molecule has 1 heterocycles. The van der Waals surface area contributed by atoms with Crippen molar-refractivity contribution in [2.24, 2.45) is 4.99 Å². The van der Waals surface area contributed by atoms with Crippen molar-refractivity contribution in [1.82, 2.24) is 10.6 Å². The summed E-state index contributed by atoms with van der Waals surface area (Å²) in [6.45, 7) is 0. The molecule has 3 heteroatoms. The lowest BCUT2D eigenvalue weighted by molar-refractivity contribution is 0.409. The number of aliphatic imine (C=N–C) groups is 1. The van der Waals surface area contributed by atoms with Gasteiger partial charge in [0.2, 0.25) is 0 Å². The Labute approximate surface area is 280 Å². The van der Waals surface area contributed by atoms with E-state index in [1.54, 1.807) is 0 Å². The van der Waals surface area contributed by atoms with Crippen molar-refractivity contribution in [1.29, 1.82) is 0 Å². The number of nitrogens with zero attached hydrogens (tertiary/aromatic N) is 1. The normalized spacial score (nSPS) is 16.1. The summed E-state index contributed by atoms with van der Waals surface area (Å²) >= 11 is 0. The van der Waals surface area contributed by atoms with Crippen molar-refractivity contribution in [2.75, 3.05) is 0 Å². The standard InChI is InChI=1S/C45H33N3/c1-3-13-30(14-4-1)32-17-11-19-34(27-32)43-46-44(35-20-12-18-33(28-35)31-15-5-2-6-16-31)48-45(47-43)36-25-26-41-39-23-8-7-21-37(39)38-22-9-10-24-40(38)42(41)29-36/h1-29,43-44,46H,(H,47,48). The van der Waals surface area contributed by atoms with Crippen molar-refractivity contribution in [3.63, 3.8) is 0 Å². The van der Waals surface area contributed by atoms with Crippen molar-refractivity contribution >= 4 is 38.2 Å². The number of fused-ring (bicyclic) bond motifs is 6. The fraction of sp³-hybridized carbons (Fsp3) is 0.0444. The van der Waals surface area contributed by atoms with Crippen LogP contribution < -0.4 is 10.6 Å². The zero-order valence-corrected chi connectivity index (χ0v) is 26.3. The van der Waals surface area contributed by atoms with Crippen LogP contribution in [-0.4, -0.2) is 5.84 Å². The molecule has 1 aliphatic rings. The molecule has 0 saturated carbocycles. The number of nitrogens with one attached hydrogen (secondary N) is 2. The van der Waals surface area contributed by atoms with Crippen LogP contribution in [0, 0.1) is 0 Å². The first-order valence-corrected chi connectivity index (χ1v) is 16.5. The first kappa shape index (κ1) is 28.2. The van der Waals surface area contributed by atoms with Gasteiger partial charge < -0.3 is 5.32 Å². The lowest BCUT2D eigenvalue weighted by Crippen LogP contribution is -2.45. The molecular weight excluding hydrogens is 583 g/mol. The molecule has 0 fully saturated rings. The maximum Gasteiger partial charge on any atom is 0.131 e. The quantitative estimate of drug-likeness (QED) is 0.189. The number of rotatable bonds is 5. The van der Waals surface area contributed by atoms with Gasteiger partial charge in [-0.1, -0.05) is 158 Å². The predicted molar refractivity (Wildman–Crippen MR) is 201 cm³/mol. The van der Waals surface area contributed by atoms with Gasteiger partial charge in [-0.05, 0) is 83.9 Å². The van der Waals surface area contributed by atoms with Crippen LogP contribution in [0.3, 0.4) is 0 Å². The van der Waals surface area contributed by atoms with E-state index in [9.17, 15) is 0 Å². The van der Waals surface area contributed by atoms with Crippen molar-refractivity contribution in [3.05, 3.63) is 193 Å². The van der Waals surface area contributed by atoms with E-state index in [4.69, 9.17) is 4.99 Å². The van der Waals surface area contributed by atoms with Gasteiger partial charge in [0.05, 0.1) is 0 Å². The van der Waals surface area contributed by atoms with Crippen LogP contribution in [0.5, 0.6) is 0 Å². The minimum absolute atomic E-state index is 0.157. The molecule has 8 aromatic rings. The smallest absolute Gasteiger partial charge is 0.131 e. The summed E-state index contributed by atoms with van der Waals surface area (Å²) < 4.78 is 0. The van der Waals surface area contributed by atoms with Gasteiger partial charge in [0.15, 0.2) is 0 Å². The van der Waals surface area contributed by atoms with Crippen molar-refractivity contribution in [3.8, 4) is 22.3 Å². The second-order valence-corrected chi connectivity index (χ2v) is 12.5. The molecule has 0 saturated heterocycles. The highest BCUT2D eigenvalue weighted by Crippen LogP contribution is 2.36. The predicted octanol–water partition coefficient (Wildman–Crippen LogP) is 10.8. The molecule has 9 rings (SSSR count). The average molecular weight is 616 g/mol. The maximum atomic E-state index is 5.36. The Morgan fingerprint density at radius 3 is 1.44 bits per heavy atom. The van der Waals surface area contributed by atoms with E-state index in [1.807, 2.05) is 0 Å². The second kappa shape index (κ2) is 12.0. The Bertz CT molecular complexity index is 2430. The van der Waals surface area contributed by atoms with Crippen LogP contribution >= 0.6 is 0 Å². The van der Waals surface area contributed by atoms with Gasteiger partial charge in [-0.2, -0.15) is 0 Å². The fourth-order valence-corrected chi connectivity index (χ4v) is 7.15. The summed E-state index contributed by atoms with van der Waals surface area (Å²) in [5, 5.41) is 15.2. The number of benzene rings is 8. The van der Waals surface area contributed by atoms with Crippen LogP contribution in [0.1, 0.15) is 29.0 Å². The topological polar surface area (TPSA) is 36.4 Å². The van der Waals surface area contributed by atoms with Gasteiger partial charge in [0.1, 0.15) is 18.2 Å². The highest BCUT2D eigenvalue weighted by molar-refractivity contribution is 6.26. The Balaban J connectivity index is 1.19. The molecule has 0 aromatic heterocycles. The molecule has 0 aliphatic carbocycles. The summed E-state index contributed by atoms with van der Waals surface area (Å²) in [5.74, 6) is 0.873. The van der Waals surface area contributed by atoms with E-state index in [0.29, 0.717) is 0 Å². The van der Waals surface area contributed by atoms with E-state index in [-0.39, 0.29) is 12.3 Å². The van der Waals surface area contributed by atoms with Gasteiger partial charge in [-0.15, -0.1) is 0 Å². The van der Waals surface area contributed by atoms with E-state index in [0.717, 1.165) is 22.5 Å². The second-order valence-electron chi connectivity index (χ2n) is 12.5. The summed E-state index contributed by atoms with van der Waals surface area (Å²) in [6, 6.07) is 62.9. The SMILES string of the molecule is c1ccc(-c2cccc(C3N=C(c4ccc5c6ccccc6c6ccccc6c5c4)NC(c4cccc(-c5ccccc5)c4)N3)c2)cc1. The van der Waals surface area contributed by atoms with Crippen LogP contribution in [0.2, 0.25) is 0 Å². The zero-order chi connectivity index (χ0) is 31.9. The highest BCUT2D eigenvalue weighted by Gasteiger charge is 2.26. The highest BCUT2D eigenvalue weighted by atomic mass is 15.3. The number of hydrogen-bond acceptors (Lipinski definition) is 3. The Hall–Kier alpha value is -6.03. The Morgan fingerprint density at radius 2 is 0.833 bits per heavy atom. The molecule has 0 bridgehead atoms. The molecule has 2 unspecified atom stereocenters. The van der Waals surface area contributed by atoms with Gasteiger partial charge >= 0.3 is 0 Å². The van der Waals surface area contributed by atoms with E-state index in [1.165, 1.54) is 54.6 Å². The molecule has 3 nitrogen and oxygen atoms in total. The molecule has 0 radical (unpaired) electrons. The Morgan fingerprint density at radius 1 is 0.354 bits per heavy atom. The van der Waals surface area contributed by atoms with Gasteiger partial charge in [-0.3, -0.25) is 5.32 Å². The lowest BCUT2D eigenvalue weighted by atomic mass is 9.93. The third kappa shape index (κ3) is 5.11. The molecule has 0 amide bonds. The van der Waals surface area contributed by atoms with Crippen LogP contribution in [-0.2, 0) is 0 Å². The molecule has 1 aliphatic heterocycles.